The quantitative estimate of drug-likeness (QED) is 0.839. The molecule has 140 valence electrons. The van der Waals surface area contributed by atoms with Gasteiger partial charge in [-0.1, -0.05) is 0 Å². The number of hydrogen-bond donors (Lipinski definition) is 1. The summed E-state index contributed by atoms with van der Waals surface area (Å²) in [5.41, 5.74) is -0.0433. The molecule has 0 aromatic heterocycles. The molecule has 1 heterocycles. The van der Waals surface area contributed by atoms with Gasteiger partial charge in [0.1, 0.15) is 0 Å². The number of nitrogens with one attached hydrogen (secondary N) is 1. The molecule has 4 bridgehead atoms. The number of nitrogens with zero attached hydrogens (tertiary/aromatic N) is 2. The first-order valence-corrected chi connectivity index (χ1v) is 9.91. The number of piperazine rings is 1. The van der Waals surface area contributed by atoms with Crippen LogP contribution in [0.4, 0.5) is 4.79 Å². The Morgan fingerprint density at radius 2 is 1.56 bits per heavy atom. The summed E-state index contributed by atoms with van der Waals surface area (Å²) in [4.78, 5) is 28.5. The van der Waals surface area contributed by atoms with Crippen LogP contribution in [0.15, 0.2) is 0 Å². The van der Waals surface area contributed by atoms with E-state index < -0.39 is 0 Å². The van der Waals surface area contributed by atoms with E-state index in [2.05, 4.69) is 10.2 Å². The molecule has 2 amide bonds. The molecule has 0 aromatic rings. The molecule has 6 nitrogen and oxygen atoms in total. The molecular weight excluding hydrogens is 318 g/mol. The maximum absolute atomic E-state index is 12.9. The summed E-state index contributed by atoms with van der Waals surface area (Å²) in [7, 11) is 1.43. The second-order valence-corrected chi connectivity index (χ2v) is 8.75. The summed E-state index contributed by atoms with van der Waals surface area (Å²) in [5, 5.41) is 3.25. The summed E-state index contributed by atoms with van der Waals surface area (Å²) in [6, 6.07) is 0. The predicted octanol–water partition coefficient (Wildman–Crippen LogP) is 1.70. The molecule has 5 rings (SSSR count). The van der Waals surface area contributed by atoms with E-state index in [9.17, 15) is 9.59 Å². The van der Waals surface area contributed by atoms with Gasteiger partial charge in [-0.2, -0.15) is 0 Å². The Kier molecular flexibility index (Phi) is 4.65. The van der Waals surface area contributed by atoms with E-state index in [-0.39, 0.29) is 11.5 Å². The third kappa shape index (κ3) is 3.37. The van der Waals surface area contributed by atoms with E-state index in [4.69, 9.17) is 4.74 Å². The van der Waals surface area contributed by atoms with Gasteiger partial charge in [0.05, 0.1) is 7.11 Å². The van der Waals surface area contributed by atoms with Crippen molar-refractivity contribution in [2.45, 2.75) is 38.5 Å². The molecule has 25 heavy (non-hydrogen) atoms. The van der Waals surface area contributed by atoms with Crippen LogP contribution in [0.5, 0.6) is 0 Å². The van der Waals surface area contributed by atoms with E-state index in [1.807, 2.05) is 0 Å². The van der Waals surface area contributed by atoms with Crippen molar-refractivity contribution in [3.63, 3.8) is 0 Å². The van der Waals surface area contributed by atoms with Crippen molar-refractivity contribution >= 4 is 12.0 Å². The average Bonchev–Trinajstić information content (AvgIpc) is 2.60. The first-order valence-electron chi connectivity index (χ1n) is 9.91. The van der Waals surface area contributed by atoms with Gasteiger partial charge in [-0.25, -0.2) is 4.79 Å². The average molecular weight is 349 g/mol. The third-order valence-electron chi connectivity index (χ3n) is 7.04. The molecule has 6 heteroatoms. The third-order valence-corrected chi connectivity index (χ3v) is 7.04. The predicted molar refractivity (Wildman–Crippen MR) is 94.0 cm³/mol. The lowest BCUT2D eigenvalue weighted by Gasteiger charge is -2.55. The van der Waals surface area contributed by atoms with E-state index >= 15 is 0 Å². The van der Waals surface area contributed by atoms with Crippen LogP contribution in [0.3, 0.4) is 0 Å². The first-order chi connectivity index (χ1) is 12.1. The maximum Gasteiger partial charge on any atom is 0.409 e. The fraction of sp³-hybridized carbons (Fsp3) is 0.895. The molecular formula is C19H31N3O3. The number of hydrogen-bond acceptors (Lipinski definition) is 4. The fourth-order valence-electron chi connectivity index (χ4n) is 6.19. The van der Waals surface area contributed by atoms with Gasteiger partial charge in [0, 0.05) is 44.7 Å². The minimum absolute atomic E-state index is 0.0433. The fourth-order valence-corrected chi connectivity index (χ4v) is 6.19. The van der Waals surface area contributed by atoms with Crippen LogP contribution in [-0.4, -0.2) is 68.2 Å². The lowest BCUT2D eigenvalue weighted by molar-refractivity contribution is -0.146. The monoisotopic (exact) mass is 349 g/mol. The Balaban J connectivity index is 1.22. The summed E-state index contributed by atoms with van der Waals surface area (Å²) >= 11 is 0. The van der Waals surface area contributed by atoms with E-state index in [0.29, 0.717) is 19.0 Å². The molecule has 0 spiro atoms. The highest BCUT2D eigenvalue weighted by Gasteiger charge is 2.54. The Labute approximate surface area is 150 Å². The second kappa shape index (κ2) is 6.78. The van der Waals surface area contributed by atoms with Gasteiger partial charge in [-0.15, -0.1) is 0 Å². The standard InChI is InChI=1S/C19H31N3O3/c1-25-18(24)22-6-4-21(5-7-22)3-2-20-17(23)19-11-14-8-15(12-19)10-16(9-14)13-19/h14-16H,2-13H2,1H3,(H,20,23). The highest BCUT2D eigenvalue weighted by molar-refractivity contribution is 5.83. The summed E-state index contributed by atoms with van der Waals surface area (Å²) < 4.78 is 4.77. The topological polar surface area (TPSA) is 61.9 Å². The Morgan fingerprint density at radius 3 is 2.08 bits per heavy atom. The van der Waals surface area contributed by atoms with Crippen molar-refractivity contribution in [3.8, 4) is 0 Å². The van der Waals surface area contributed by atoms with Crippen LogP contribution in [0.2, 0.25) is 0 Å². The highest BCUT2D eigenvalue weighted by atomic mass is 16.5. The first kappa shape index (κ1) is 17.1. The second-order valence-electron chi connectivity index (χ2n) is 8.75. The summed E-state index contributed by atoms with van der Waals surface area (Å²) in [6.07, 6.45) is 7.26. The number of ether oxygens (including phenoxy) is 1. The molecule has 0 aromatic carbocycles. The van der Waals surface area contributed by atoms with Crippen LogP contribution < -0.4 is 5.32 Å². The van der Waals surface area contributed by atoms with Crippen LogP contribution >= 0.6 is 0 Å². The molecule has 0 radical (unpaired) electrons. The maximum atomic E-state index is 12.9. The van der Waals surface area contributed by atoms with Gasteiger partial charge in [0.2, 0.25) is 5.91 Å². The highest BCUT2D eigenvalue weighted by Crippen LogP contribution is 2.60. The van der Waals surface area contributed by atoms with Crippen molar-refractivity contribution in [1.29, 1.82) is 0 Å². The SMILES string of the molecule is COC(=O)N1CCN(CCNC(=O)C23CC4CC(CC(C4)C2)C3)CC1. The van der Waals surface area contributed by atoms with Gasteiger partial charge in [0.25, 0.3) is 0 Å². The molecule has 1 saturated heterocycles. The summed E-state index contributed by atoms with van der Waals surface area (Å²) in [5.74, 6) is 2.75. The van der Waals surface area contributed by atoms with Gasteiger partial charge in [0.15, 0.2) is 0 Å². The van der Waals surface area contributed by atoms with Crippen molar-refractivity contribution in [2.24, 2.45) is 23.2 Å². The van der Waals surface area contributed by atoms with Crippen molar-refractivity contribution in [3.05, 3.63) is 0 Å². The molecule has 1 aliphatic heterocycles. The van der Waals surface area contributed by atoms with Crippen LogP contribution in [0.25, 0.3) is 0 Å². The normalized spacial score (nSPS) is 37.2. The largest absolute Gasteiger partial charge is 0.453 e. The van der Waals surface area contributed by atoms with Crippen LogP contribution in [0, 0.1) is 23.2 Å². The number of methoxy groups -OCH3 is 1. The van der Waals surface area contributed by atoms with Crippen molar-refractivity contribution < 1.29 is 14.3 Å². The molecule has 0 atom stereocenters. The van der Waals surface area contributed by atoms with Crippen LogP contribution in [-0.2, 0) is 9.53 Å². The molecule has 0 unspecified atom stereocenters. The van der Waals surface area contributed by atoms with Crippen molar-refractivity contribution in [2.75, 3.05) is 46.4 Å². The molecule has 5 fully saturated rings. The van der Waals surface area contributed by atoms with Gasteiger partial charge >= 0.3 is 6.09 Å². The number of rotatable bonds is 4. The van der Waals surface area contributed by atoms with Crippen LogP contribution in [0.1, 0.15) is 38.5 Å². The Hall–Kier alpha value is -1.30. The number of carbonyl (C=O) groups is 2. The van der Waals surface area contributed by atoms with Crippen molar-refractivity contribution in [1.82, 2.24) is 15.1 Å². The van der Waals surface area contributed by atoms with Gasteiger partial charge in [-0.05, 0) is 56.3 Å². The Bertz CT molecular complexity index is 493. The molecule has 1 N–H and O–H groups in total. The van der Waals surface area contributed by atoms with Gasteiger partial charge < -0.3 is 15.0 Å². The lowest BCUT2D eigenvalue weighted by Crippen LogP contribution is -2.55. The zero-order chi connectivity index (χ0) is 17.4. The number of carbonyl (C=O) groups excluding carboxylic acids is 2. The molecule has 4 aliphatic carbocycles. The smallest absolute Gasteiger partial charge is 0.409 e. The van der Waals surface area contributed by atoms with E-state index in [1.165, 1.54) is 26.4 Å². The van der Waals surface area contributed by atoms with Gasteiger partial charge in [-0.3, -0.25) is 9.69 Å². The summed E-state index contributed by atoms with van der Waals surface area (Å²) in [6.45, 7) is 4.70. The minimum atomic E-state index is -0.241. The zero-order valence-electron chi connectivity index (χ0n) is 15.3. The molecule has 4 saturated carbocycles. The van der Waals surface area contributed by atoms with E-state index in [0.717, 1.165) is 63.2 Å². The Morgan fingerprint density at radius 1 is 1.00 bits per heavy atom. The number of amides is 2. The minimum Gasteiger partial charge on any atom is -0.453 e. The lowest BCUT2D eigenvalue weighted by atomic mass is 9.49. The van der Waals surface area contributed by atoms with E-state index in [1.54, 1.807) is 4.90 Å². The molecule has 5 aliphatic rings. The zero-order valence-corrected chi connectivity index (χ0v) is 15.3.